The highest BCUT2D eigenvalue weighted by Crippen LogP contribution is 2.25. The number of rotatable bonds is 6. The summed E-state index contributed by atoms with van der Waals surface area (Å²) in [7, 11) is -1.96. The molecule has 9 nitrogen and oxygen atoms in total. The number of piperazine rings is 1. The number of methoxy groups -OCH3 is 1. The Morgan fingerprint density at radius 2 is 1.96 bits per heavy atom. The van der Waals surface area contributed by atoms with Crippen LogP contribution in [0.5, 0.6) is 5.75 Å². The number of benzene rings is 1. The van der Waals surface area contributed by atoms with Crippen LogP contribution in [0.3, 0.4) is 0 Å². The molecule has 0 aromatic heterocycles. The molecule has 2 aliphatic heterocycles. The van der Waals surface area contributed by atoms with E-state index in [0.717, 1.165) is 17.7 Å². The molecule has 1 saturated heterocycles. The number of esters is 1. The summed E-state index contributed by atoms with van der Waals surface area (Å²) in [6.45, 7) is 2.07. The summed E-state index contributed by atoms with van der Waals surface area (Å²) in [4.78, 5) is 26.6. The fraction of sp³-hybridized carbons (Fsp3) is 0.556. The van der Waals surface area contributed by atoms with Crippen molar-refractivity contribution >= 4 is 21.9 Å². The standard InChI is InChI=1S/C18H25N3O6S/c1-26-18(23)15(20-6-8-21(9-7-20)28(2,24)25)12-19-17(22)14-3-4-16-13(11-14)5-10-27-16/h3-4,11,15H,5-10,12H2,1-2H3,(H,19,22)/t15-/m0/s1. The average molecular weight is 411 g/mol. The zero-order chi connectivity index (χ0) is 20.3. The van der Waals surface area contributed by atoms with Crippen molar-refractivity contribution in [2.45, 2.75) is 12.5 Å². The van der Waals surface area contributed by atoms with Gasteiger partial charge in [0.15, 0.2) is 0 Å². The maximum absolute atomic E-state index is 12.5. The zero-order valence-electron chi connectivity index (χ0n) is 16.0. The van der Waals surface area contributed by atoms with Crippen molar-refractivity contribution in [2.75, 3.05) is 52.7 Å². The lowest BCUT2D eigenvalue weighted by molar-refractivity contribution is -0.147. The van der Waals surface area contributed by atoms with E-state index >= 15 is 0 Å². The van der Waals surface area contributed by atoms with E-state index in [0.29, 0.717) is 38.3 Å². The predicted octanol–water partition coefficient (Wildman–Crippen LogP) is -0.530. The molecule has 3 rings (SSSR count). The lowest BCUT2D eigenvalue weighted by Crippen LogP contribution is -2.57. The molecule has 0 aliphatic carbocycles. The monoisotopic (exact) mass is 411 g/mol. The van der Waals surface area contributed by atoms with Crippen molar-refractivity contribution in [1.82, 2.24) is 14.5 Å². The zero-order valence-corrected chi connectivity index (χ0v) is 16.8. The van der Waals surface area contributed by atoms with Gasteiger partial charge in [-0.15, -0.1) is 0 Å². The van der Waals surface area contributed by atoms with Crippen LogP contribution in [0.4, 0.5) is 0 Å². The van der Waals surface area contributed by atoms with E-state index in [-0.39, 0.29) is 12.5 Å². The van der Waals surface area contributed by atoms with Crippen molar-refractivity contribution < 1.29 is 27.5 Å². The maximum Gasteiger partial charge on any atom is 0.324 e. The van der Waals surface area contributed by atoms with Crippen molar-refractivity contribution in [2.24, 2.45) is 0 Å². The van der Waals surface area contributed by atoms with Crippen LogP contribution in [0.1, 0.15) is 15.9 Å². The quantitative estimate of drug-likeness (QED) is 0.628. The molecule has 0 unspecified atom stereocenters. The number of hydrogen-bond donors (Lipinski definition) is 1. The highest BCUT2D eigenvalue weighted by Gasteiger charge is 2.32. The lowest BCUT2D eigenvalue weighted by atomic mass is 10.1. The van der Waals surface area contributed by atoms with Crippen LogP contribution >= 0.6 is 0 Å². The van der Waals surface area contributed by atoms with Gasteiger partial charge in [0.25, 0.3) is 5.91 Å². The molecule has 2 heterocycles. The number of nitrogens with zero attached hydrogens (tertiary/aromatic N) is 2. The maximum atomic E-state index is 12.5. The molecule has 28 heavy (non-hydrogen) atoms. The Labute approximate surface area is 164 Å². The third-order valence-electron chi connectivity index (χ3n) is 5.06. The molecule has 0 bridgehead atoms. The molecule has 0 saturated carbocycles. The van der Waals surface area contributed by atoms with Gasteiger partial charge in [-0.05, 0) is 23.8 Å². The Morgan fingerprint density at radius 3 is 2.61 bits per heavy atom. The van der Waals surface area contributed by atoms with E-state index < -0.39 is 22.0 Å². The summed E-state index contributed by atoms with van der Waals surface area (Å²) in [6, 6.07) is 4.60. The van der Waals surface area contributed by atoms with E-state index in [2.05, 4.69) is 5.32 Å². The molecule has 0 spiro atoms. The first-order chi connectivity index (χ1) is 13.3. The number of carbonyl (C=O) groups excluding carboxylic acids is 2. The molecular formula is C18H25N3O6S. The van der Waals surface area contributed by atoms with Gasteiger partial charge in [-0.1, -0.05) is 0 Å². The topological polar surface area (TPSA) is 105 Å². The van der Waals surface area contributed by atoms with Gasteiger partial charge < -0.3 is 14.8 Å². The minimum atomic E-state index is -3.26. The predicted molar refractivity (Wildman–Crippen MR) is 102 cm³/mol. The summed E-state index contributed by atoms with van der Waals surface area (Å²) in [5.41, 5.74) is 1.50. The highest BCUT2D eigenvalue weighted by atomic mass is 32.2. The van der Waals surface area contributed by atoms with Crippen LogP contribution in [-0.2, 0) is 26.0 Å². The molecule has 2 aliphatic rings. The van der Waals surface area contributed by atoms with E-state index in [4.69, 9.17) is 9.47 Å². The van der Waals surface area contributed by atoms with Gasteiger partial charge in [-0.2, -0.15) is 4.31 Å². The van der Waals surface area contributed by atoms with Crippen LogP contribution in [0, 0.1) is 0 Å². The van der Waals surface area contributed by atoms with Crippen LogP contribution < -0.4 is 10.1 Å². The van der Waals surface area contributed by atoms with Gasteiger partial charge in [-0.25, -0.2) is 8.42 Å². The molecule has 1 aromatic rings. The van der Waals surface area contributed by atoms with Crippen molar-refractivity contribution in [3.05, 3.63) is 29.3 Å². The van der Waals surface area contributed by atoms with E-state index in [9.17, 15) is 18.0 Å². The summed E-state index contributed by atoms with van der Waals surface area (Å²) < 4.78 is 35.0. The number of fused-ring (bicyclic) bond motifs is 1. The van der Waals surface area contributed by atoms with Crippen molar-refractivity contribution in [3.63, 3.8) is 0 Å². The van der Waals surface area contributed by atoms with E-state index in [1.54, 1.807) is 18.2 Å². The first-order valence-electron chi connectivity index (χ1n) is 9.10. The van der Waals surface area contributed by atoms with Gasteiger partial charge in [0.2, 0.25) is 10.0 Å². The van der Waals surface area contributed by atoms with Crippen LogP contribution in [0.15, 0.2) is 18.2 Å². The lowest BCUT2D eigenvalue weighted by Gasteiger charge is -2.37. The third kappa shape index (κ3) is 4.62. The highest BCUT2D eigenvalue weighted by molar-refractivity contribution is 7.88. The second kappa shape index (κ2) is 8.46. The summed E-state index contributed by atoms with van der Waals surface area (Å²) in [6.07, 6.45) is 1.94. The van der Waals surface area contributed by atoms with Gasteiger partial charge in [0.05, 0.1) is 20.0 Å². The van der Waals surface area contributed by atoms with Crippen LogP contribution in [0.25, 0.3) is 0 Å². The first kappa shape index (κ1) is 20.6. The molecule has 0 radical (unpaired) electrons. The van der Waals surface area contributed by atoms with Gasteiger partial charge in [0, 0.05) is 44.7 Å². The van der Waals surface area contributed by atoms with E-state index in [1.165, 1.54) is 17.7 Å². The molecule has 1 amide bonds. The van der Waals surface area contributed by atoms with Crippen molar-refractivity contribution in [1.29, 1.82) is 0 Å². The SMILES string of the molecule is COC(=O)[C@H](CNC(=O)c1ccc2c(c1)CCO2)N1CCN(S(C)(=O)=O)CC1. The van der Waals surface area contributed by atoms with Crippen molar-refractivity contribution in [3.8, 4) is 5.75 Å². The summed E-state index contributed by atoms with van der Waals surface area (Å²) >= 11 is 0. The van der Waals surface area contributed by atoms with Gasteiger partial charge in [-0.3, -0.25) is 14.5 Å². The molecule has 1 fully saturated rings. The van der Waals surface area contributed by atoms with Gasteiger partial charge in [0.1, 0.15) is 11.8 Å². The Hall–Kier alpha value is -2.17. The molecule has 154 valence electrons. The fourth-order valence-corrected chi connectivity index (χ4v) is 4.29. The Morgan fingerprint density at radius 1 is 1.25 bits per heavy atom. The molecular weight excluding hydrogens is 386 g/mol. The second-order valence-electron chi connectivity index (χ2n) is 6.87. The summed E-state index contributed by atoms with van der Waals surface area (Å²) in [5, 5.41) is 2.79. The number of carbonyl (C=O) groups is 2. The fourth-order valence-electron chi connectivity index (χ4n) is 3.46. The van der Waals surface area contributed by atoms with E-state index in [1.807, 2.05) is 4.90 Å². The number of hydrogen-bond acceptors (Lipinski definition) is 7. The molecule has 1 aromatic carbocycles. The summed E-state index contributed by atoms with van der Waals surface area (Å²) in [5.74, 6) is 0.0570. The van der Waals surface area contributed by atoms with Crippen LogP contribution in [0.2, 0.25) is 0 Å². The molecule has 1 atom stereocenters. The largest absolute Gasteiger partial charge is 0.493 e. The Balaban J connectivity index is 1.62. The second-order valence-corrected chi connectivity index (χ2v) is 8.85. The number of sulfonamides is 1. The Kier molecular flexibility index (Phi) is 6.21. The number of amides is 1. The minimum Gasteiger partial charge on any atom is -0.493 e. The number of nitrogens with one attached hydrogen (secondary N) is 1. The minimum absolute atomic E-state index is 0.0813. The third-order valence-corrected chi connectivity index (χ3v) is 6.37. The normalized spacial score (nSPS) is 18.8. The molecule has 1 N–H and O–H groups in total. The Bertz CT molecular complexity index is 849. The smallest absolute Gasteiger partial charge is 0.324 e. The molecule has 10 heteroatoms. The van der Waals surface area contributed by atoms with Gasteiger partial charge >= 0.3 is 5.97 Å². The average Bonchev–Trinajstić information content (AvgIpc) is 3.15. The van der Waals surface area contributed by atoms with Crippen LogP contribution in [-0.4, -0.2) is 88.2 Å². The first-order valence-corrected chi connectivity index (χ1v) is 11.0. The number of ether oxygens (including phenoxy) is 2.